The lowest BCUT2D eigenvalue weighted by Gasteiger charge is -2.24. The number of aliphatic hydroxyl groups is 1. The topological polar surface area (TPSA) is 36.4 Å². The average Bonchev–Trinajstić information content (AvgIpc) is 3.21. The Morgan fingerprint density at radius 1 is 1.14 bits per heavy atom. The van der Waals surface area contributed by atoms with Crippen LogP contribution in [0.5, 0.6) is 0 Å². The molecule has 1 N–H and O–H groups in total. The van der Waals surface area contributed by atoms with E-state index in [2.05, 4.69) is 34.1 Å². The Hall–Kier alpha value is -1.53. The molecule has 1 atom stereocenters. The van der Waals surface area contributed by atoms with Gasteiger partial charge in [-0.2, -0.15) is 11.3 Å². The molecule has 0 radical (unpaired) electrons. The maximum atomic E-state index is 10.4. The van der Waals surface area contributed by atoms with Gasteiger partial charge in [0.05, 0.1) is 11.6 Å². The molecule has 3 rings (SSSR count). The van der Waals surface area contributed by atoms with Crippen LogP contribution in [0.4, 0.5) is 0 Å². The lowest BCUT2D eigenvalue weighted by molar-refractivity contribution is 0.106. The first kappa shape index (κ1) is 15.4. The Bertz CT molecular complexity index is 653. The van der Waals surface area contributed by atoms with Gasteiger partial charge < -0.3 is 5.11 Å². The fourth-order valence-electron chi connectivity index (χ4n) is 2.38. The van der Waals surface area contributed by atoms with Gasteiger partial charge in [0, 0.05) is 30.7 Å². The number of thiazole rings is 1. The molecule has 3 aromatic rings. The summed E-state index contributed by atoms with van der Waals surface area (Å²) in [5.74, 6) is 0. The number of aromatic nitrogens is 1. The van der Waals surface area contributed by atoms with Crippen LogP contribution in [0.2, 0.25) is 0 Å². The van der Waals surface area contributed by atoms with E-state index in [0.717, 1.165) is 18.7 Å². The molecular weight excluding hydrogens is 312 g/mol. The van der Waals surface area contributed by atoms with Gasteiger partial charge in [0.25, 0.3) is 0 Å². The van der Waals surface area contributed by atoms with Crippen LogP contribution in [0, 0.1) is 0 Å². The molecule has 22 heavy (non-hydrogen) atoms. The van der Waals surface area contributed by atoms with Crippen molar-refractivity contribution in [2.45, 2.75) is 19.2 Å². The van der Waals surface area contributed by atoms with Gasteiger partial charge in [0.2, 0.25) is 0 Å². The maximum Gasteiger partial charge on any atom is 0.0925 e. The third-order valence-electron chi connectivity index (χ3n) is 3.47. The van der Waals surface area contributed by atoms with Crippen LogP contribution in [0.15, 0.2) is 58.9 Å². The molecule has 114 valence electrons. The van der Waals surface area contributed by atoms with Gasteiger partial charge in [0.1, 0.15) is 0 Å². The first-order valence-corrected chi connectivity index (χ1v) is 8.97. The van der Waals surface area contributed by atoms with Crippen molar-refractivity contribution in [1.29, 1.82) is 0 Å². The number of hydrogen-bond acceptors (Lipinski definition) is 5. The zero-order chi connectivity index (χ0) is 15.2. The van der Waals surface area contributed by atoms with Crippen LogP contribution in [-0.4, -0.2) is 21.5 Å². The van der Waals surface area contributed by atoms with Crippen molar-refractivity contribution in [2.24, 2.45) is 0 Å². The van der Waals surface area contributed by atoms with Gasteiger partial charge in [-0.1, -0.05) is 30.3 Å². The van der Waals surface area contributed by atoms with E-state index < -0.39 is 6.10 Å². The summed E-state index contributed by atoms with van der Waals surface area (Å²) in [4.78, 5) is 7.63. The minimum absolute atomic E-state index is 0.456. The molecule has 0 saturated carbocycles. The summed E-state index contributed by atoms with van der Waals surface area (Å²) in [6.07, 6.45) is 1.45. The molecule has 1 aromatic carbocycles. The molecule has 5 heteroatoms. The van der Waals surface area contributed by atoms with Crippen LogP contribution >= 0.6 is 22.7 Å². The van der Waals surface area contributed by atoms with Gasteiger partial charge in [0.15, 0.2) is 0 Å². The zero-order valence-corrected chi connectivity index (χ0v) is 13.8. The molecule has 0 aliphatic heterocycles. The first-order valence-electron chi connectivity index (χ1n) is 7.15. The number of nitrogens with zero attached hydrogens (tertiary/aromatic N) is 2. The summed E-state index contributed by atoms with van der Waals surface area (Å²) in [5.41, 5.74) is 4.10. The number of benzene rings is 1. The van der Waals surface area contributed by atoms with E-state index in [9.17, 15) is 5.11 Å². The van der Waals surface area contributed by atoms with Gasteiger partial charge >= 0.3 is 0 Å². The minimum Gasteiger partial charge on any atom is -0.387 e. The third kappa shape index (κ3) is 4.24. The molecule has 0 saturated heterocycles. The van der Waals surface area contributed by atoms with E-state index in [4.69, 9.17) is 0 Å². The van der Waals surface area contributed by atoms with Crippen LogP contribution in [-0.2, 0) is 13.1 Å². The highest BCUT2D eigenvalue weighted by atomic mass is 32.1. The van der Waals surface area contributed by atoms with Crippen molar-refractivity contribution in [1.82, 2.24) is 9.88 Å². The normalized spacial score (nSPS) is 12.6. The predicted octanol–water partition coefficient (Wildman–Crippen LogP) is 3.94. The Labute approximate surface area is 138 Å². The fourth-order valence-corrected chi connectivity index (χ4v) is 3.72. The van der Waals surface area contributed by atoms with Crippen LogP contribution in [0.3, 0.4) is 0 Å². The summed E-state index contributed by atoms with van der Waals surface area (Å²) in [6, 6.07) is 12.4. The van der Waals surface area contributed by atoms with Crippen LogP contribution in [0.1, 0.15) is 22.1 Å². The number of thiophene rings is 1. The highest BCUT2D eigenvalue weighted by Crippen LogP contribution is 2.20. The van der Waals surface area contributed by atoms with E-state index in [1.54, 1.807) is 22.7 Å². The van der Waals surface area contributed by atoms with Gasteiger partial charge in [-0.05, 0) is 28.0 Å². The van der Waals surface area contributed by atoms with E-state index in [1.807, 2.05) is 34.6 Å². The summed E-state index contributed by atoms with van der Waals surface area (Å²) >= 11 is 3.27. The fraction of sp³-hybridized carbons (Fsp3) is 0.235. The molecule has 0 aliphatic rings. The van der Waals surface area contributed by atoms with Gasteiger partial charge in [-0.3, -0.25) is 9.88 Å². The summed E-state index contributed by atoms with van der Waals surface area (Å²) in [7, 11) is 0. The lowest BCUT2D eigenvalue weighted by atomic mass is 10.1. The molecular formula is C17H18N2OS2. The van der Waals surface area contributed by atoms with E-state index in [1.165, 1.54) is 10.4 Å². The molecule has 0 fully saturated rings. The predicted molar refractivity (Wildman–Crippen MR) is 91.9 cm³/mol. The summed E-state index contributed by atoms with van der Waals surface area (Å²) in [5, 5.41) is 14.5. The van der Waals surface area contributed by atoms with Crippen molar-refractivity contribution >= 4 is 22.7 Å². The number of aliphatic hydroxyl groups excluding tert-OH is 1. The molecule has 1 unspecified atom stereocenters. The quantitative estimate of drug-likeness (QED) is 0.713. The SMILES string of the molecule is OC(CN(Cc1ccccc1)Cc1cncs1)c1ccsc1. The second-order valence-electron chi connectivity index (χ2n) is 5.20. The first-order chi connectivity index (χ1) is 10.8. The highest BCUT2D eigenvalue weighted by molar-refractivity contribution is 7.09. The van der Waals surface area contributed by atoms with Gasteiger partial charge in [-0.25, -0.2) is 0 Å². The molecule has 2 aromatic heterocycles. The van der Waals surface area contributed by atoms with Gasteiger partial charge in [-0.15, -0.1) is 11.3 Å². The second kappa shape index (κ2) is 7.65. The number of rotatable bonds is 7. The minimum atomic E-state index is -0.456. The van der Waals surface area contributed by atoms with E-state index >= 15 is 0 Å². The standard InChI is InChI=1S/C17H18N2OS2/c20-17(15-6-7-21-12-15)11-19(10-16-8-18-13-22-16)9-14-4-2-1-3-5-14/h1-8,12-13,17,20H,9-11H2. The van der Waals surface area contributed by atoms with E-state index in [0.29, 0.717) is 6.54 Å². The molecule has 3 nitrogen and oxygen atoms in total. The maximum absolute atomic E-state index is 10.4. The van der Waals surface area contributed by atoms with Crippen molar-refractivity contribution < 1.29 is 5.11 Å². The Kier molecular flexibility index (Phi) is 5.34. The van der Waals surface area contributed by atoms with Crippen molar-refractivity contribution in [3.05, 3.63) is 74.9 Å². The Morgan fingerprint density at radius 3 is 2.68 bits per heavy atom. The van der Waals surface area contributed by atoms with E-state index in [-0.39, 0.29) is 0 Å². The Balaban J connectivity index is 1.70. The van der Waals surface area contributed by atoms with Crippen molar-refractivity contribution in [3.8, 4) is 0 Å². The third-order valence-corrected chi connectivity index (χ3v) is 4.94. The van der Waals surface area contributed by atoms with Crippen LogP contribution < -0.4 is 0 Å². The summed E-state index contributed by atoms with van der Waals surface area (Å²) < 4.78 is 0. The Morgan fingerprint density at radius 2 is 2.00 bits per heavy atom. The zero-order valence-electron chi connectivity index (χ0n) is 12.1. The van der Waals surface area contributed by atoms with Crippen molar-refractivity contribution in [2.75, 3.05) is 6.54 Å². The second-order valence-corrected chi connectivity index (χ2v) is 6.95. The highest BCUT2D eigenvalue weighted by Gasteiger charge is 2.15. The van der Waals surface area contributed by atoms with Crippen molar-refractivity contribution in [3.63, 3.8) is 0 Å². The monoisotopic (exact) mass is 330 g/mol. The largest absolute Gasteiger partial charge is 0.387 e. The van der Waals surface area contributed by atoms with Crippen LogP contribution in [0.25, 0.3) is 0 Å². The summed E-state index contributed by atoms with van der Waals surface area (Å²) in [6.45, 7) is 2.24. The number of hydrogen-bond donors (Lipinski definition) is 1. The molecule has 0 spiro atoms. The molecule has 0 aliphatic carbocycles. The lowest BCUT2D eigenvalue weighted by Crippen LogP contribution is -2.27. The molecule has 0 bridgehead atoms. The molecule has 2 heterocycles. The average molecular weight is 330 g/mol. The smallest absolute Gasteiger partial charge is 0.0925 e. The molecule has 0 amide bonds.